The molecule has 0 N–H and O–H groups in total. The number of fused-ring (bicyclic) bond motifs is 1. The van der Waals surface area contributed by atoms with Crippen molar-refractivity contribution < 1.29 is 23.8 Å². The number of rotatable bonds is 7. The van der Waals surface area contributed by atoms with E-state index >= 15 is 0 Å². The van der Waals surface area contributed by atoms with Crippen LogP contribution >= 0.6 is 0 Å². The van der Waals surface area contributed by atoms with Gasteiger partial charge in [-0.15, -0.1) is 0 Å². The van der Waals surface area contributed by atoms with Gasteiger partial charge in [0.2, 0.25) is 0 Å². The summed E-state index contributed by atoms with van der Waals surface area (Å²) < 4.78 is 18.4. The molecule has 2 heterocycles. The highest BCUT2D eigenvalue weighted by atomic mass is 16.5. The minimum absolute atomic E-state index is 0.393. The highest BCUT2D eigenvalue weighted by Gasteiger charge is 2.27. The summed E-state index contributed by atoms with van der Waals surface area (Å²) >= 11 is 0. The molecule has 30 heavy (non-hydrogen) atoms. The third-order valence-corrected chi connectivity index (χ3v) is 5.18. The zero-order valence-corrected chi connectivity index (χ0v) is 16.9. The summed E-state index contributed by atoms with van der Waals surface area (Å²) in [7, 11) is 1.60. The van der Waals surface area contributed by atoms with E-state index in [2.05, 4.69) is 0 Å². The Hall–Kier alpha value is -3.32. The van der Waals surface area contributed by atoms with Crippen molar-refractivity contribution in [2.45, 2.75) is 6.54 Å². The molecule has 1 saturated heterocycles. The Morgan fingerprint density at radius 1 is 1.00 bits per heavy atom. The maximum atomic E-state index is 13.0. The number of ketones is 1. The Kier molecular flexibility index (Phi) is 5.99. The molecule has 0 spiro atoms. The van der Waals surface area contributed by atoms with Gasteiger partial charge in [-0.05, 0) is 18.2 Å². The van der Waals surface area contributed by atoms with Crippen molar-refractivity contribution in [3.63, 3.8) is 0 Å². The number of benzene rings is 2. The number of nitrogens with zero attached hydrogens (tertiary/aromatic N) is 2. The molecular formula is C23H24N2O5. The van der Waals surface area contributed by atoms with Gasteiger partial charge in [0.15, 0.2) is 11.5 Å². The fourth-order valence-electron chi connectivity index (χ4n) is 3.63. The third-order valence-electron chi connectivity index (χ3n) is 5.18. The Morgan fingerprint density at radius 3 is 2.47 bits per heavy atom. The molecule has 1 aliphatic rings. The number of methoxy groups -OCH3 is 1. The normalized spacial score (nSPS) is 14.0. The number of ether oxygens (including phenoxy) is 3. The van der Waals surface area contributed by atoms with E-state index in [1.54, 1.807) is 18.2 Å². The monoisotopic (exact) mass is 408 g/mol. The van der Waals surface area contributed by atoms with Gasteiger partial charge in [0.1, 0.15) is 6.61 Å². The highest BCUT2D eigenvalue weighted by Crippen LogP contribution is 2.26. The van der Waals surface area contributed by atoms with Crippen LogP contribution in [0.3, 0.4) is 0 Å². The van der Waals surface area contributed by atoms with Crippen LogP contribution in [0, 0.1) is 0 Å². The van der Waals surface area contributed by atoms with E-state index in [9.17, 15) is 9.59 Å². The predicted octanol–water partition coefficient (Wildman–Crippen LogP) is 2.77. The lowest BCUT2D eigenvalue weighted by atomic mass is 10.1. The van der Waals surface area contributed by atoms with E-state index in [0.29, 0.717) is 56.5 Å². The maximum Gasteiger partial charge on any atom is 0.295 e. The summed E-state index contributed by atoms with van der Waals surface area (Å²) in [4.78, 5) is 27.2. The smallest absolute Gasteiger partial charge is 0.295 e. The Bertz CT molecular complexity index is 1050. The zero-order valence-electron chi connectivity index (χ0n) is 16.9. The van der Waals surface area contributed by atoms with Crippen LogP contribution in [0.4, 0.5) is 0 Å². The summed E-state index contributed by atoms with van der Waals surface area (Å²) in [6.45, 7) is 2.72. The Balaban J connectivity index is 1.53. The number of hydrogen-bond donors (Lipinski definition) is 0. The molecule has 0 radical (unpaired) electrons. The molecule has 0 atom stereocenters. The lowest BCUT2D eigenvalue weighted by Crippen LogP contribution is -2.44. The van der Waals surface area contributed by atoms with Gasteiger partial charge in [-0.2, -0.15) is 0 Å². The number of carbonyl (C=O) groups is 2. The number of carbonyl (C=O) groups excluding carboxylic acids is 2. The molecule has 1 amide bonds. The van der Waals surface area contributed by atoms with Crippen LogP contribution < -0.4 is 9.47 Å². The largest absolute Gasteiger partial charge is 0.493 e. The molecule has 1 fully saturated rings. The zero-order chi connectivity index (χ0) is 20.9. The number of Topliss-reactive ketones (excluding diaryl/α,β-unsaturated/α-hetero) is 1. The standard InChI is InChI=1S/C23H24N2O5/c1-28-20-8-4-5-9-21(20)30-15-12-25-16-18(17-6-2-3-7-19(17)25)22(26)23(27)24-10-13-29-14-11-24/h2-9,16H,10-15H2,1H3. The summed E-state index contributed by atoms with van der Waals surface area (Å²) in [5, 5.41) is 0.765. The number of amides is 1. The molecule has 7 heteroatoms. The van der Waals surface area contributed by atoms with Crippen LogP contribution in [0.25, 0.3) is 10.9 Å². The van der Waals surface area contributed by atoms with E-state index in [4.69, 9.17) is 14.2 Å². The lowest BCUT2D eigenvalue weighted by molar-refractivity contribution is -0.130. The van der Waals surface area contributed by atoms with Gasteiger partial charge in [-0.25, -0.2) is 0 Å². The SMILES string of the molecule is COc1ccccc1OCCn1cc(C(=O)C(=O)N2CCOCC2)c2ccccc21. The van der Waals surface area contributed by atoms with Crippen molar-refractivity contribution in [1.29, 1.82) is 0 Å². The molecule has 7 nitrogen and oxygen atoms in total. The highest BCUT2D eigenvalue weighted by molar-refractivity contribution is 6.44. The average Bonchev–Trinajstić information content (AvgIpc) is 3.17. The van der Waals surface area contributed by atoms with Gasteiger partial charge in [0, 0.05) is 30.2 Å². The van der Waals surface area contributed by atoms with Gasteiger partial charge in [-0.1, -0.05) is 30.3 Å². The first-order valence-electron chi connectivity index (χ1n) is 9.94. The minimum atomic E-state index is -0.488. The van der Waals surface area contributed by atoms with E-state index in [1.807, 2.05) is 53.1 Å². The molecule has 0 saturated carbocycles. The van der Waals surface area contributed by atoms with Crippen LogP contribution in [0.2, 0.25) is 0 Å². The van der Waals surface area contributed by atoms with Gasteiger partial charge in [-0.3, -0.25) is 9.59 Å². The van der Waals surface area contributed by atoms with Crippen molar-refractivity contribution in [1.82, 2.24) is 9.47 Å². The van der Waals surface area contributed by atoms with Crippen LogP contribution in [0.1, 0.15) is 10.4 Å². The average molecular weight is 408 g/mol. The van der Waals surface area contributed by atoms with E-state index in [1.165, 1.54) is 0 Å². The number of hydrogen-bond acceptors (Lipinski definition) is 5. The van der Waals surface area contributed by atoms with E-state index in [-0.39, 0.29) is 0 Å². The van der Waals surface area contributed by atoms with Gasteiger partial charge >= 0.3 is 0 Å². The lowest BCUT2D eigenvalue weighted by Gasteiger charge is -2.25. The van der Waals surface area contributed by atoms with E-state index < -0.39 is 11.7 Å². The topological polar surface area (TPSA) is 70.0 Å². The first-order valence-corrected chi connectivity index (χ1v) is 9.94. The van der Waals surface area contributed by atoms with Gasteiger partial charge in [0.25, 0.3) is 11.7 Å². The van der Waals surface area contributed by atoms with Crippen molar-refractivity contribution >= 4 is 22.6 Å². The quantitative estimate of drug-likeness (QED) is 0.444. The molecule has 4 rings (SSSR count). The molecule has 0 unspecified atom stereocenters. The van der Waals surface area contributed by atoms with Crippen molar-refractivity contribution in [2.75, 3.05) is 40.0 Å². The molecule has 156 valence electrons. The third kappa shape index (κ3) is 4.02. The summed E-state index contributed by atoms with van der Waals surface area (Å²) in [6, 6.07) is 15.1. The van der Waals surface area contributed by atoms with Gasteiger partial charge in [0.05, 0.1) is 32.4 Å². The summed E-state index contributed by atoms with van der Waals surface area (Å²) in [5.74, 6) is 0.362. The van der Waals surface area contributed by atoms with E-state index in [0.717, 1.165) is 10.9 Å². The molecule has 3 aromatic rings. The minimum Gasteiger partial charge on any atom is -0.493 e. The molecule has 1 aromatic heterocycles. The fourth-order valence-corrected chi connectivity index (χ4v) is 3.63. The molecule has 0 bridgehead atoms. The summed E-state index contributed by atoms with van der Waals surface area (Å²) in [5.41, 5.74) is 1.30. The number of aromatic nitrogens is 1. The second kappa shape index (κ2) is 9.00. The Labute approximate surface area is 174 Å². The first kappa shape index (κ1) is 20.0. The van der Waals surface area contributed by atoms with Crippen molar-refractivity contribution in [2.24, 2.45) is 0 Å². The molecule has 2 aromatic carbocycles. The maximum absolute atomic E-state index is 13.0. The second-order valence-electron chi connectivity index (χ2n) is 6.99. The van der Waals surface area contributed by atoms with Gasteiger partial charge < -0.3 is 23.7 Å². The number of para-hydroxylation sites is 3. The van der Waals surface area contributed by atoms with Crippen LogP contribution in [-0.4, -0.2) is 61.2 Å². The van der Waals surface area contributed by atoms with Crippen molar-refractivity contribution in [3.05, 3.63) is 60.3 Å². The molecular weight excluding hydrogens is 384 g/mol. The van der Waals surface area contributed by atoms with Crippen molar-refractivity contribution in [3.8, 4) is 11.5 Å². The first-order chi connectivity index (χ1) is 14.7. The molecule has 1 aliphatic heterocycles. The molecule has 0 aliphatic carbocycles. The predicted molar refractivity (Wildman–Crippen MR) is 112 cm³/mol. The number of morpholine rings is 1. The second-order valence-corrected chi connectivity index (χ2v) is 6.99. The van der Waals surface area contributed by atoms with Crippen LogP contribution in [-0.2, 0) is 16.1 Å². The van der Waals surface area contributed by atoms with Crippen LogP contribution in [0.15, 0.2) is 54.7 Å². The summed E-state index contributed by atoms with van der Waals surface area (Å²) in [6.07, 6.45) is 1.75. The fraction of sp³-hybridized carbons (Fsp3) is 0.304. The van der Waals surface area contributed by atoms with Crippen LogP contribution in [0.5, 0.6) is 11.5 Å². The Morgan fingerprint density at radius 2 is 1.70 bits per heavy atom.